The maximum absolute atomic E-state index is 10.0. The zero-order chi connectivity index (χ0) is 31.5. The number of hydrogen-bond acceptors (Lipinski definition) is 6. The number of aryl methyl sites for hydroxylation is 2. The molecule has 0 spiro atoms. The van der Waals surface area contributed by atoms with Crippen molar-refractivity contribution in [1.82, 2.24) is 19.9 Å². The van der Waals surface area contributed by atoms with Gasteiger partial charge in [0.05, 0.1) is 39.9 Å². The van der Waals surface area contributed by atoms with Crippen LogP contribution in [0.1, 0.15) is 31.7 Å². The Morgan fingerprint density at radius 3 is 0.978 bits per heavy atom. The number of ketones is 2. The number of nitrogens with zero attached hydrogens (tertiary/aromatic N) is 4. The molecule has 8 aromatic rings. The molecule has 0 fully saturated rings. The van der Waals surface area contributed by atoms with Gasteiger partial charge in [-0.3, -0.25) is 19.6 Å². The predicted molar refractivity (Wildman–Crippen MR) is 185 cm³/mol. The number of rotatable bonds is 2. The van der Waals surface area contributed by atoms with Gasteiger partial charge in [-0.2, -0.15) is 0 Å². The average molecular weight is 781 g/mol. The van der Waals surface area contributed by atoms with Gasteiger partial charge in [-0.15, -0.1) is 0 Å². The van der Waals surface area contributed by atoms with Crippen molar-refractivity contribution in [3.8, 4) is 0 Å². The van der Waals surface area contributed by atoms with E-state index in [0.29, 0.717) is 0 Å². The Labute approximate surface area is 280 Å². The number of carbonyl (C=O) groups excluding carboxylic acids is 2. The third-order valence-corrected chi connectivity index (χ3v) is 7.59. The molecule has 6 nitrogen and oxygen atoms in total. The van der Waals surface area contributed by atoms with Crippen molar-refractivity contribution in [2.45, 2.75) is 34.1 Å². The Morgan fingerprint density at radius 1 is 0.457 bits per heavy atom. The van der Waals surface area contributed by atoms with E-state index in [1.54, 1.807) is 0 Å². The molecule has 229 valence electrons. The summed E-state index contributed by atoms with van der Waals surface area (Å²) in [6, 6.07) is 33.6. The van der Waals surface area contributed by atoms with E-state index in [9.17, 15) is 9.59 Å². The Morgan fingerprint density at radius 2 is 0.717 bits per heavy atom. The van der Waals surface area contributed by atoms with Crippen LogP contribution in [0.4, 0.5) is 0 Å². The van der Waals surface area contributed by atoms with E-state index in [-0.39, 0.29) is 38.1 Å². The van der Waals surface area contributed by atoms with E-state index in [0.717, 1.165) is 33.5 Å². The van der Waals surface area contributed by atoms with Crippen LogP contribution < -0.4 is 0 Å². The fraction of sp³-hybridized carbons (Fsp3) is 0.128. The first-order valence-electron chi connectivity index (χ1n) is 14.9. The van der Waals surface area contributed by atoms with Crippen molar-refractivity contribution in [3.05, 3.63) is 121 Å². The van der Waals surface area contributed by atoms with Gasteiger partial charge in [0.15, 0.2) is 0 Å². The van der Waals surface area contributed by atoms with E-state index in [2.05, 4.69) is 107 Å². The van der Waals surface area contributed by atoms with Gasteiger partial charge in [0.1, 0.15) is 11.6 Å². The summed E-state index contributed by atoms with van der Waals surface area (Å²) in [5, 5.41) is 9.65. The molecule has 46 heavy (non-hydrogen) atoms. The average Bonchev–Trinajstić information content (AvgIpc) is 3.05. The third kappa shape index (κ3) is 6.52. The molecule has 0 aliphatic carbocycles. The van der Waals surface area contributed by atoms with Crippen LogP contribution in [-0.2, 0) is 29.7 Å². The Hall–Kier alpha value is -4.97. The fourth-order valence-electron chi connectivity index (χ4n) is 5.77. The summed E-state index contributed by atoms with van der Waals surface area (Å²) in [5.74, 6) is -0.125. The number of hydrogen-bond donors (Lipinski definition) is 0. The Balaban J connectivity index is 0.000000149. The molecule has 2 heterocycles. The van der Waals surface area contributed by atoms with Crippen LogP contribution in [0.25, 0.3) is 65.2 Å². The molecule has 7 heteroatoms. The van der Waals surface area contributed by atoms with Crippen molar-refractivity contribution in [3.63, 3.8) is 0 Å². The number of fused-ring (bicyclic) bond motifs is 12. The molecule has 0 amide bonds. The summed E-state index contributed by atoms with van der Waals surface area (Å²) in [6.07, 6.45) is 3.76. The first kappa shape index (κ1) is 32.4. The summed E-state index contributed by atoms with van der Waals surface area (Å²) < 4.78 is 0. The first-order chi connectivity index (χ1) is 21.8. The van der Waals surface area contributed by atoms with Crippen molar-refractivity contribution >= 4 is 76.7 Å². The number of aromatic nitrogens is 4. The van der Waals surface area contributed by atoms with Crippen molar-refractivity contribution in [1.29, 1.82) is 0 Å². The van der Waals surface area contributed by atoms with Crippen LogP contribution in [-0.4, -0.2) is 31.5 Å². The number of benzene rings is 6. The van der Waals surface area contributed by atoms with Crippen LogP contribution in [0.3, 0.4) is 0 Å². The standard InChI is InChI=1S/2C17H12N2.C5H8O2.Ir/c2*1-11-10-18-16-14-8-4-2-6-12(14)13-7-3-5-9-15(13)17(16)19-11;1-4(6)3-5(2)7;/h2*2-10H,1H3;3H2,1-2H3;. The van der Waals surface area contributed by atoms with Crippen LogP contribution in [0.5, 0.6) is 0 Å². The zero-order valence-corrected chi connectivity index (χ0v) is 28.4. The minimum absolute atomic E-state index is 0. The van der Waals surface area contributed by atoms with Gasteiger partial charge in [-0.05, 0) is 49.2 Å². The smallest absolute Gasteiger partial charge is 0.137 e. The van der Waals surface area contributed by atoms with Crippen molar-refractivity contribution in [2.24, 2.45) is 0 Å². The molecule has 1 radical (unpaired) electrons. The molecule has 0 unspecified atom stereocenters. The molecule has 0 atom stereocenters. The zero-order valence-electron chi connectivity index (χ0n) is 26.0. The summed E-state index contributed by atoms with van der Waals surface area (Å²) in [5.41, 5.74) is 5.87. The van der Waals surface area contributed by atoms with E-state index in [1.807, 2.05) is 26.2 Å². The molecular formula is C39H32IrN4O2. The molecule has 0 N–H and O–H groups in total. The Kier molecular flexibility index (Phi) is 9.86. The monoisotopic (exact) mass is 781 g/mol. The van der Waals surface area contributed by atoms with Gasteiger partial charge in [0.2, 0.25) is 0 Å². The molecule has 2 aromatic heterocycles. The fourth-order valence-corrected chi connectivity index (χ4v) is 5.77. The van der Waals surface area contributed by atoms with E-state index >= 15 is 0 Å². The van der Waals surface area contributed by atoms with Crippen LogP contribution in [0.2, 0.25) is 0 Å². The van der Waals surface area contributed by atoms with Crippen LogP contribution in [0, 0.1) is 13.8 Å². The minimum atomic E-state index is -0.0625. The molecule has 8 rings (SSSR count). The topological polar surface area (TPSA) is 85.7 Å². The molecule has 0 bridgehead atoms. The molecule has 0 aliphatic heterocycles. The molecule has 6 aromatic carbocycles. The molecule has 0 saturated heterocycles. The van der Waals surface area contributed by atoms with Crippen molar-refractivity contribution < 1.29 is 29.7 Å². The van der Waals surface area contributed by atoms with Gasteiger partial charge in [-0.1, -0.05) is 97.1 Å². The van der Waals surface area contributed by atoms with Crippen molar-refractivity contribution in [2.75, 3.05) is 0 Å². The van der Waals surface area contributed by atoms with Gasteiger partial charge in [0, 0.05) is 54.0 Å². The molecule has 0 aliphatic rings. The largest absolute Gasteiger partial charge is 0.300 e. The van der Waals surface area contributed by atoms with E-state index in [4.69, 9.17) is 9.97 Å². The first-order valence-corrected chi connectivity index (χ1v) is 14.9. The maximum atomic E-state index is 10.0. The number of Topliss-reactive ketones (excluding diaryl/α,β-unsaturated/α-hetero) is 2. The quantitative estimate of drug-likeness (QED) is 0.129. The predicted octanol–water partition coefficient (Wildman–Crippen LogP) is 9.04. The summed E-state index contributed by atoms with van der Waals surface area (Å²) in [4.78, 5) is 38.6. The van der Waals surface area contributed by atoms with Gasteiger partial charge in [-0.25, -0.2) is 9.97 Å². The molecular weight excluding hydrogens is 749 g/mol. The van der Waals surface area contributed by atoms with Crippen LogP contribution in [0.15, 0.2) is 109 Å². The van der Waals surface area contributed by atoms with E-state index in [1.165, 1.54) is 56.9 Å². The maximum Gasteiger partial charge on any atom is 0.137 e. The normalized spacial score (nSPS) is 10.7. The second-order valence-corrected chi connectivity index (χ2v) is 11.2. The number of carbonyl (C=O) groups is 2. The van der Waals surface area contributed by atoms with Gasteiger partial charge in [0.25, 0.3) is 0 Å². The Bertz CT molecular complexity index is 2170. The minimum Gasteiger partial charge on any atom is -0.300 e. The SMILES string of the molecule is CC(=O)CC(C)=O.Cc1cnc2c3ccccc3c3ccccc3c2n1.Cc1cnc2c3ccccc3c3ccccc3c2n1.[Ir]. The van der Waals surface area contributed by atoms with Gasteiger partial charge < -0.3 is 0 Å². The third-order valence-electron chi connectivity index (χ3n) is 7.59. The van der Waals surface area contributed by atoms with E-state index < -0.39 is 0 Å². The van der Waals surface area contributed by atoms with Gasteiger partial charge >= 0.3 is 0 Å². The summed E-state index contributed by atoms with van der Waals surface area (Å²) >= 11 is 0. The second kappa shape index (κ2) is 14.0. The summed E-state index contributed by atoms with van der Waals surface area (Å²) in [7, 11) is 0. The second-order valence-electron chi connectivity index (χ2n) is 11.2. The molecule has 0 saturated carbocycles. The summed E-state index contributed by atoms with van der Waals surface area (Å²) in [6.45, 7) is 6.77. The van der Waals surface area contributed by atoms with Crippen LogP contribution >= 0.6 is 0 Å².